The number of hydrogen-bond acceptors (Lipinski definition) is 4. The number of nitrogens with zero attached hydrogens (tertiary/aromatic N) is 1. The number of pyridine rings is 1. The van der Waals surface area contributed by atoms with E-state index >= 15 is 0 Å². The van der Waals surface area contributed by atoms with Crippen LogP contribution in [-0.2, 0) is 21.2 Å². The lowest BCUT2D eigenvalue weighted by Crippen LogP contribution is -2.20. The Morgan fingerprint density at radius 3 is 2.50 bits per heavy atom. The molecule has 0 bridgehead atoms. The molecule has 1 heterocycles. The van der Waals surface area contributed by atoms with Crippen molar-refractivity contribution in [3.8, 4) is 0 Å². The van der Waals surface area contributed by atoms with Crippen molar-refractivity contribution in [1.29, 1.82) is 0 Å². The van der Waals surface area contributed by atoms with Crippen LogP contribution in [0, 0.1) is 0 Å². The molecule has 0 saturated carbocycles. The Balaban J connectivity index is 1.60. The summed E-state index contributed by atoms with van der Waals surface area (Å²) in [7, 11) is -3.21. The van der Waals surface area contributed by atoms with E-state index in [1.807, 2.05) is 36.4 Å². The van der Waals surface area contributed by atoms with Gasteiger partial charge in [0.15, 0.2) is 9.84 Å². The topological polar surface area (TPSA) is 76.1 Å². The van der Waals surface area contributed by atoms with Crippen LogP contribution < -0.4 is 5.32 Å². The van der Waals surface area contributed by atoms with E-state index in [0.717, 1.165) is 22.7 Å². The third-order valence-electron chi connectivity index (χ3n) is 3.84. The highest BCUT2D eigenvalue weighted by Gasteiger charge is 2.06. The monoisotopic (exact) mass is 366 g/mol. The van der Waals surface area contributed by atoms with Gasteiger partial charge < -0.3 is 5.32 Å². The summed E-state index contributed by atoms with van der Waals surface area (Å²) >= 11 is 0. The first-order valence-electron chi connectivity index (χ1n) is 8.02. The first-order valence-corrected chi connectivity index (χ1v) is 9.92. The van der Waals surface area contributed by atoms with Gasteiger partial charge in [0.25, 0.3) is 0 Å². The van der Waals surface area contributed by atoms with Gasteiger partial charge in [-0.15, -0.1) is 0 Å². The second kappa shape index (κ2) is 7.49. The fraction of sp³-hybridized carbons (Fsp3) is 0.100. The summed E-state index contributed by atoms with van der Waals surface area (Å²) < 4.78 is 22.9. The highest BCUT2D eigenvalue weighted by molar-refractivity contribution is 7.90. The van der Waals surface area contributed by atoms with Gasteiger partial charge in [-0.05, 0) is 35.9 Å². The number of aromatic nitrogens is 1. The van der Waals surface area contributed by atoms with E-state index in [1.54, 1.807) is 18.2 Å². The minimum Gasteiger partial charge on any atom is -0.348 e. The molecule has 0 unspecified atom stereocenters. The van der Waals surface area contributed by atoms with Crippen molar-refractivity contribution in [2.45, 2.75) is 11.4 Å². The maximum absolute atomic E-state index is 12.0. The molecule has 3 rings (SSSR count). The Bertz CT molecular complexity index is 1070. The Morgan fingerprint density at radius 2 is 1.77 bits per heavy atom. The van der Waals surface area contributed by atoms with Crippen molar-refractivity contribution in [3.63, 3.8) is 0 Å². The lowest BCUT2D eigenvalue weighted by molar-refractivity contribution is -0.116. The Kier molecular flexibility index (Phi) is 5.14. The third-order valence-corrected chi connectivity index (χ3v) is 4.97. The van der Waals surface area contributed by atoms with E-state index in [4.69, 9.17) is 0 Å². The quantitative estimate of drug-likeness (QED) is 0.705. The number of nitrogens with one attached hydrogen (secondary N) is 1. The molecule has 1 N–H and O–H groups in total. The molecule has 0 aliphatic heterocycles. The van der Waals surface area contributed by atoms with Crippen LogP contribution in [0.4, 0.5) is 0 Å². The van der Waals surface area contributed by atoms with Crippen molar-refractivity contribution in [2.75, 3.05) is 6.26 Å². The van der Waals surface area contributed by atoms with E-state index in [2.05, 4.69) is 10.3 Å². The lowest BCUT2D eigenvalue weighted by Gasteiger charge is -2.04. The molecular weight excluding hydrogens is 348 g/mol. The number of hydrogen-bond donors (Lipinski definition) is 1. The highest BCUT2D eigenvalue weighted by atomic mass is 32.2. The molecule has 3 aromatic rings. The molecule has 26 heavy (non-hydrogen) atoms. The molecule has 0 spiro atoms. The number of benzene rings is 2. The molecule has 132 valence electrons. The summed E-state index contributed by atoms with van der Waals surface area (Å²) in [5, 5.41) is 3.81. The molecular formula is C20H18N2O3S. The van der Waals surface area contributed by atoms with Crippen molar-refractivity contribution in [1.82, 2.24) is 10.3 Å². The number of fused-ring (bicyclic) bond motifs is 1. The van der Waals surface area contributed by atoms with E-state index in [1.165, 1.54) is 18.2 Å². The summed E-state index contributed by atoms with van der Waals surface area (Å²) in [4.78, 5) is 16.7. The van der Waals surface area contributed by atoms with E-state index < -0.39 is 9.84 Å². The minimum absolute atomic E-state index is 0.243. The predicted molar refractivity (Wildman–Crippen MR) is 102 cm³/mol. The summed E-state index contributed by atoms with van der Waals surface area (Å²) in [5.74, 6) is -0.243. The molecule has 2 aromatic carbocycles. The zero-order chi connectivity index (χ0) is 18.6. The van der Waals surface area contributed by atoms with Crippen molar-refractivity contribution in [2.24, 2.45) is 0 Å². The minimum atomic E-state index is -3.21. The number of carbonyl (C=O) groups excluding carboxylic acids is 1. The number of carbonyl (C=O) groups is 1. The van der Waals surface area contributed by atoms with Crippen LogP contribution in [0.25, 0.3) is 17.0 Å². The maximum atomic E-state index is 12.0. The first-order chi connectivity index (χ1) is 12.4. The summed E-state index contributed by atoms with van der Waals surface area (Å²) in [5.41, 5.74) is 2.40. The van der Waals surface area contributed by atoms with Gasteiger partial charge in [-0.1, -0.05) is 36.4 Å². The van der Waals surface area contributed by atoms with Gasteiger partial charge in [-0.25, -0.2) is 13.4 Å². The lowest BCUT2D eigenvalue weighted by atomic mass is 10.2. The standard InChI is InChI=1S/C20H18N2O3S/c1-26(24,25)18-11-6-15(7-12-18)14-21-20(23)13-10-17-9-8-16-4-2-3-5-19(16)22-17/h2-13H,14H2,1H3,(H,21,23). The SMILES string of the molecule is CS(=O)(=O)c1ccc(CNC(=O)C=Cc2ccc3ccccc3n2)cc1. The molecule has 1 aromatic heterocycles. The molecule has 1 amide bonds. The van der Waals surface area contributed by atoms with Gasteiger partial charge in [0.2, 0.25) is 5.91 Å². The molecule has 5 nitrogen and oxygen atoms in total. The van der Waals surface area contributed by atoms with Crippen molar-refractivity contribution in [3.05, 3.63) is 78.0 Å². The van der Waals surface area contributed by atoms with Gasteiger partial charge in [0.05, 0.1) is 16.1 Å². The van der Waals surface area contributed by atoms with E-state index in [-0.39, 0.29) is 10.8 Å². The van der Waals surface area contributed by atoms with Crippen LogP contribution in [0.2, 0.25) is 0 Å². The Labute approximate surface area is 152 Å². The summed E-state index contributed by atoms with van der Waals surface area (Å²) in [6.07, 6.45) is 4.26. The van der Waals surface area contributed by atoms with Crippen molar-refractivity contribution >= 4 is 32.7 Å². The van der Waals surface area contributed by atoms with Crippen molar-refractivity contribution < 1.29 is 13.2 Å². The smallest absolute Gasteiger partial charge is 0.244 e. The van der Waals surface area contributed by atoms with E-state index in [9.17, 15) is 13.2 Å². The molecule has 0 fully saturated rings. The highest BCUT2D eigenvalue weighted by Crippen LogP contribution is 2.13. The molecule has 0 atom stereocenters. The maximum Gasteiger partial charge on any atom is 0.244 e. The largest absolute Gasteiger partial charge is 0.348 e. The molecule has 6 heteroatoms. The average Bonchev–Trinajstić information content (AvgIpc) is 2.64. The van der Waals surface area contributed by atoms with Crippen LogP contribution >= 0.6 is 0 Å². The number of sulfone groups is 1. The fourth-order valence-electron chi connectivity index (χ4n) is 2.44. The average molecular weight is 366 g/mol. The molecule has 0 saturated heterocycles. The van der Waals surface area contributed by atoms with Crippen LogP contribution in [0.15, 0.2) is 71.6 Å². The number of amides is 1. The Hall–Kier alpha value is -2.99. The first kappa shape index (κ1) is 17.8. The number of rotatable bonds is 5. The van der Waals surface area contributed by atoms with Gasteiger partial charge >= 0.3 is 0 Å². The second-order valence-electron chi connectivity index (χ2n) is 5.90. The molecule has 0 aliphatic carbocycles. The van der Waals surface area contributed by atoms with Crippen LogP contribution in [0.5, 0.6) is 0 Å². The van der Waals surface area contributed by atoms with Crippen LogP contribution in [0.3, 0.4) is 0 Å². The number of para-hydroxylation sites is 1. The molecule has 0 radical (unpaired) electrons. The second-order valence-corrected chi connectivity index (χ2v) is 7.91. The van der Waals surface area contributed by atoms with Gasteiger partial charge in [-0.3, -0.25) is 4.79 Å². The van der Waals surface area contributed by atoms with Gasteiger partial charge in [-0.2, -0.15) is 0 Å². The predicted octanol–water partition coefficient (Wildman–Crippen LogP) is 2.97. The third kappa shape index (κ3) is 4.55. The Morgan fingerprint density at radius 1 is 1.04 bits per heavy atom. The van der Waals surface area contributed by atoms with Crippen LogP contribution in [0.1, 0.15) is 11.3 Å². The fourth-order valence-corrected chi connectivity index (χ4v) is 3.07. The zero-order valence-electron chi connectivity index (χ0n) is 14.2. The van der Waals surface area contributed by atoms with E-state index in [0.29, 0.717) is 12.2 Å². The summed E-state index contributed by atoms with van der Waals surface area (Å²) in [6.45, 7) is 0.318. The van der Waals surface area contributed by atoms with Gasteiger partial charge in [0, 0.05) is 24.3 Å². The normalized spacial score (nSPS) is 11.7. The van der Waals surface area contributed by atoms with Crippen LogP contribution in [-0.4, -0.2) is 25.6 Å². The summed E-state index contributed by atoms with van der Waals surface area (Å²) in [6, 6.07) is 18.0. The molecule has 0 aliphatic rings. The van der Waals surface area contributed by atoms with Gasteiger partial charge in [0.1, 0.15) is 0 Å². The zero-order valence-corrected chi connectivity index (χ0v) is 15.0.